The maximum atomic E-state index is 12.0. The second kappa shape index (κ2) is 5.28. The molecule has 3 N–H and O–H groups in total. The van der Waals surface area contributed by atoms with E-state index in [4.69, 9.17) is 5.73 Å². The summed E-state index contributed by atoms with van der Waals surface area (Å²) in [6.07, 6.45) is 0. The van der Waals surface area contributed by atoms with Gasteiger partial charge in [0.2, 0.25) is 5.91 Å². The summed E-state index contributed by atoms with van der Waals surface area (Å²) in [4.78, 5) is 25.2. The van der Waals surface area contributed by atoms with E-state index in [-0.39, 0.29) is 18.5 Å². The van der Waals surface area contributed by atoms with Gasteiger partial charge in [-0.05, 0) is 11.6 Å². The van der Waals surface area contributed by atoms with Crippen molar-refractivity contribution in [1.29, 1.82) is 0 Å². The molecule has 2 aromatic carbocycles. The summed E-state index contributed by atoms with van der Waals surface area (Å²) < 4.78 is 0. The summed E-state index contributed by atoms with van der Waals surface area (Å²) in [6.45, 7) is -0.0659. The van der Waals surface area contributed by atoms with Crippen LogP contribution in [0.3, 0.4) is 0 Å². The summed E-state index contributed by atoms with van der Waals surface area (Å²) in [5, 5.41) is 2.82. The fourth-order valence-corrected chi connectivity index (χ4v) is 2.65. The van der Waals surface area contributed by atoms with Crippen LogP contribution in [-0.2, 0) is 4.79 Å². The average molecular weight is 281 g/mol. The standard InChI is InChI=1S/C16H15N3O2/c17-16(21)19-10-14(20)18-13-9-5-4-8-12(13)15(19)11-6-2-1-3-7-11/h1-9,15H,10H2,(H2,17,21)(H,18,20). The summed E-state index contributed by atoms with van der Waals surface area (Å²) in [5.41, 5.74) is 7.97. The van der Waals surface area contributed by atoms with Gasteiger partial charge in [-0.2, -0.15) is 0 Å². The van der Waals surface area contributed by atoms with E-state index in [1.807, 2.05) is 54.6 Å². The molecule has 0 saturated heterocycles. The van der Waals surface area contributed by atoms with Crippen LogP contribution in [0, 0.1) is 0 Å². The zero-order valence-electron chi connectivity index (χ0n) is 11.3. The van der Waals surface area contributed by atoms with Crippen LogP contribution < -0.4 is 11.1 Å². The van der Waals surface area contributed by atoms with Crippen molar-refractivity contribution in [3.05, 3.63) is 65.7 Å². The van der Waals surface area contributed by atoms with Gasteiger partial charge in [-0.15, -0.1) is 0 Å². The van der Waals surface area contributed by atoms with Crippen molar-refractivity contribution in [2.24, 2.45) is 5.73 Å². The topological polar surface area (TPSA) is 75.4 Å². The number of urea groups is 1. The molecule has 1 unspecified atom stereocenters. The van der Waals surface area contributed by atoms with Crippen LogP contribution in [0.25, 0.3) is 0 Å². The number of nitrogens with zero attached hydrogens (tertiary/aromatic N) is 1. The Bertz CT molecular complexity index is 685. The summed E-state index contributed by atoms with van der Waals surface area (Å²) >= 11 is 0. The van der Waals surface area contributed by atoms with Gasteiger partial charge < -0.3 is 16.0 Å². The first-order valence-electron chi connectivity index (χ1n) is 6.66. The Morgan fingerprint density at radius 2 is 1.76 bits per heavy atom. The predicted octanol–water partition coefficient (Wildman–Crippen LogP) is 2.11. The lowest BCUT2D eigenvalue weighted by Crippen LogP contribution is -2.42. The highest BCUT2D eigenvalue weighted by atomic mass is 16.2. The Kier molecular flexibility index (Phi) is 3.31. The molecule has 0 bridgehead atoms. The van der Waals surface area contributed by atoms with Gasteiger partial charge in [0, 0.05) is 11.3 Å². The minimum Gasteiger partial charge on any atom is -0.351 e. The number of amides is 3. The molecule has 21 heavy (non-hydrogen) atoms. The van der Waals surface area contributed by atoms with E-state index in [2.05, 4.69) is 5.32 Å². The van der Waals surface area contributed by atoms with Gasteiger partial charge in [-0.3, -0.25) is 4.79 Å². The number of nitrogens with one attached hydrogen (secondary N) is 1. The molecule has 3 rings (SSSR count). The number of primary amides is 1. The van der Waals surface area contributed by atoms with Gasteiger partial charge in [-0.1, -0.05) is 48.5 Å². The van der Waals surface area contributed by atoms with E-state index in [1.165, 1.54) is 4.90 Å². The van der Waals surface area contributed by atoms with Crippen molar-refractivity contribution in [2.75, 3.05) is 11.9 Å². The number of rotatable bonds is 1. The fraction of sp³-hybridized carbons (Fsp3) is 0.125. The smallest absolute Gasteiger partial charge is 0.316 e. The normalized spacial score (nSPS) is 17.6. The minimum absolute atomic E-state index is 0.0659. The first-order chi connectivity index (χ1) is 10.2. The lowest BCUT2D eigenvalue weighted by Gasteiger charge is -2.28. The molecule has 1 aliphatic heterocycles. The number of nitrogens with two attached hydrogens (primary N) is 1. The third-order valence-corrected chi connectivity index (χ3v) is 3.55. The van der Waals surface area contributed by atoms with E-state index in [0.717, 1.165) is 11.1 Å². The Morgan fingerprint density at radius 1 is 1.10 bits per heavy atom. The molecule has 0 fully saturated rings. The van der Waals surface area contributed by atoms with E-state index in [0.29, 0.717) is 5.69 Å². The summed E-state index contributed by atoms with van der Waals surface area (Å²) in [5.74, 6) is -0.250. The number of carbonyl (C=O) groups is 2. The molecule has 1 aliphatic rings. The molecular weight excluding hydrogens is 266 g/mol. The molecule has 106 valence electrons. The molecule has 0 aromatic heterocycles. The van der Waals surface area contributed by atoms with Crippen LogP contribution >= 0.6 is 0 Å². The molecule has 2 aromatic rings. The van der Waals surface area contributed by atoms with Gasteiger partial charge in [0.1, 0.15) is 6.54 Å². The van der Waals surface area contributed by atoms with Crippen molar-refractivity contribution in [1.82, 2.24) is 4.90 Å². The number of hydrogen-bond donors (Lipinski definition) is 2. The molecule has 0 aliphatic carbocycles. The molecule has 5 nitrogen and oxygen atoms in total. The molecule has 1 heterocycles. The monoisotopic (exact) mass is 281 g/mol. The van der Waals surface area contributed by atoms with Gasteiger partial charge in [0.05, 0.1) is 6.04 Å². The fourth-order valence-electron chi connectivity index (χ4n) is 2.65. The maximum Gasteiger partial charge on any atom is 0.316 e. The van der Waals surface area contributed by atoms with Crippen LogP contribution in [0.1, 0.15) is 17.2 Å². The number of carbonyl (C=O) groups excluding carboxylic acids is 2. The highest BCUT2D eigenvalue weighted by molar-refractivity contribution is 5.96. The summed E-state index contributed by atoms with van der Waals surface area (Å²) in [7, 11) is 0. The van der Waals surface area contributed by atoms with Gasteiger partial charge >= 0.3 is 6.03 Å². The van der Waals surface area contributed by atoms with Crippen molar-refractivity contribution >= 4 is 17.6 Å². The molecule has 3 amide bonds. The third-order valence-electron chi connectivity index (χ3n) is 3.55. The maximum absolute atomic E-state index is 12.0. The quantitative estimate of drug-likeness (QED) is 0.840. The van der Waals surface area contributed by atoms with E-state index in [9.17, 15) is 9.59 Å². The SMILES string of the molecule is NC(=O)N1CC(=O)Nc2ccccc2C1c1ccccc1. The lowest BCUT2D eigenvalue weighted by atomic mass is 9.96. The lowest BCUT2D eigenvalue weighted by molar-refractivity contribution is -0.116. The van der Waals surface area contributed by atoms with Crippen LogP contribution in [0.2, 0.25) is 0 Å². The number of anilines is 1. The molecule has 5 heteroatoms. The van der Waals surface area contributed by atoms with Crippen molar-refractivity contribution in [3.63, 3.8) is 0 Å². The van der Waals surface area contributed by atoms with Crippen LogP contribution in [0.15, 0.2) is 54.6 Å². The van der Waals surface area contributed by atoms with Crippen LogP contribution in [0.5, 0.6) is 0 Å². The third kappa shape index (κ3) is 2.45. The van der Waals surface area contributed by atoms with Crippen LogP contribution in [-0.4, -0.2) is 23.4 Å². The molecule has 1 atom stereocenters. The van der Waals surface area contributed by atoms with Crippen molar-refractivity contribution < 1.29 is 9.59 Å². The molecular formula is C16H15N3O2. The molecule has 0 radical (unpaired) electrons. The Labute approximate surface area is 122 Å². The molecule has 0 saturated carbocycles. The second-order valence-corrected chi connectivity index (χ2v) is 4.91. The van der Waals surface area contributed by atoms with Crippen molar-refractivity contribution in [2.45, 2.75) is 6.04 Å². The van der Waals surface area contributed by atoms with Gasteiger partial charge in [0.15, 0.2) is 0 Å². The second-order valence-electron chi connectivity index (χ2n) is 4.91. The zero-order chi connectivity index (χ0) is 14.8. The predicted molar refractivity (Wildman–Crippen MR) is 79.6 cm³/mol. The number of para-hydroxylation sites is 1. The van der Waals surface area contributed by atoms with E-state index < -0.39 is 6.03 Å². The van der Waals surface area contributed by atoms with Gasteiger partial charge in [0.25, 0.3) is 0 Å². The Balaban J connectivity index is 2.19. The summed E-state index contributed by atoms with van der Waals surface area (Å²) in [6, 6.07) is 16.0. The first-order valence-corrected chi connectivity index (χ1v) is 6.66. The zero-order valence-corrected chi connectivity index (χ0v) is 11.3. The highest BCUT2D eigenvalue weighted by Gasteiger charge is 2.31. The average Bonchev–Trinajstić information content (AvgIpc) is 2.64. The first kappa shape index (κ1) is 13.2. The van der Waals surface area contributed by atoms with E-state index in [1.54, 1.807) is 0 Å². The van der Waals surface area contributed by atoms with E-state index >= 15 is 0 Å². The van der Waals surface area contributed by atoms with Crippen molar-refractivity contribution in [3.8, 4) is 0 Å². The highest BCUT2D eigenvalue weighted by Crippen LogP contribution is 2.35. The van der Waals surface area contributed by atoms with Gasteiger partial charge in [-0.25, -0.2) is 4.79 Å². The van der Waals surface area contributed by atoms with Crippen LogP contribution in [0.4, 0.5) is 10.5 Å². The largest absolute Gasteiger partial charge is 0.351 e. The molecule has 0 spiro atoms. The number of hydrogen-bond acceptors (Lipinski definition) is 2. The minimum atomic E-state index is -0.615. The number of benzene rings is 2. The number of fused-ring (bicyclic) bond motifs is 1. The Morgan fingerprint density at radius 3 is 2.48 bits per heavy atom. The Hall–Kier alpha value is -2.82.